The van der Waals surface area contributed by atoms with Gasteiger partial charge in [0.05, 0.1) is 15.8 Å². The van der Waals surface area contributed by atoms with Crippen molar-refractivity contribution in [1.82, 2.24) is 4.98 Å². The smallest absolute Gasteiger partial charge is 0.218 e. The molecule has 3 heteroatoms. The highest BCUT2D eigenvalue weighted by atomic mass is 28.1. The van der Waals surface area contributed by atoms with E-state index in [1.54, 1.807) is 0 Å². The molecule has 1 heterocycles. The molecular formula is C15H10NOSi. The Bertz CT molecular complexity index is 682. The van der Waals surface area contributed by atoms with Gasteiger partial charge in [-0.1, -0.05) is 36.4 Å². The molecule has 3 radical (unpaired) electrons. The van der Waals surface area contributed by atoms with Crippen LogP contribution in [0.2, 0.25) is 0 Å². The Labute approximate surface area is 109 Å². The van der Waals surface area contributed by atoms with E-state index in [2.05, 4.69) is 15.2 Å². The van der Waals surface area contributed by atoms with Crippen molar-refractivity contribution in [3.05, 3.63) is 60.7 Å². The number of hydrogen-bond donors (Lipinski definition) is 0. The second-order valence-corrected chi connectivity index (χ2v) is 4.49. The summed E-state index contributed by atoms with van der Waals surface area (Å²) in [4.78, 5) is 4.50. The minimum atomic E-state index is 0.580. The van der Waals surface area contributed by atoms with Gasteiger partial charge in [0, 0.05) is 5.39 Å². The summed E-state index contributed by atoms with van der Waals surface area (Å²) in [6, 6.07) is 19.6. The number of fused-ring (bicyclic) bond motifs is 1. The lowest BCUT2D eigenvalue weighted by Gasteiger charge is -2.08. The van der Waals surface area contributed by atoms with E-state index in [9.17, 15) is 0 Å². The molecule has 0 bridgehead atoms. The van der Waals surface area contributed by atoms with Gasteiger partial charge in [0.25, 0.3) is 0 Å². The van der Waals surface area contributed by atoms with Crippen LogP contribution in [0.5, 0.6) is 11.6 Å². The fraction of sp³-hybridized carbons (Fsp3) is 0. The summed E-state index contributed by atoms with van der Waals surface area (Å²) in [5.41, 5.74) is 0.922. The summed E-state index contributed by atoms with van der Waals surface area (Å²) in [5.74, 6) is 1.36. The van der Waals surface area contributed by atoms with Crippen LogP contribution in [0, 0.1) is 0 Å². The van der Waals surface area contributed by atoms with E-state index in [0.29, 0.717) is 5.88 Å². The first-order valence-electron chi connectivity index (χ1n) is 5.67. The minimum absolute atomic E-state index is 0.580. The lowest BCUT2D eigenvalue weighted by atomic mass is 10.2. The topological polar surface area (TPSA) is 22.1 Å². The number of pyridine rings is 1. The molecule has 85 valence electrons. The van der Waals surface area contributed by atoms with Crippen molar-refractivity contribution >= 4 is 26.3 Å². The fourth-order valence-corrected chi connectivity index (χ4v) is 2.04. The first-order chi connectivity index (χ1) is 8.83. The Balaban J connectivity index is 2.04. The third-order valence-electron chi connectivity index (χ3n) is 2.65. The van der Waals surface area contributed by atoms with Crippen molar-refractivity contribution in [2.45, 2.75) is 0 Å². The number of benzene rings is 2. The predicted molar refractivity (Wildman–Crippen MR) is 73.6 cm³/mol. The van der Waals surface area contributed by atoms with Crippen LogP contribution in [-0.2, 0) is 0 Å². The largest absolute Gasteiger partial charge is 0.439 e. The maximum atomic E-state index is 5.76. The molecule has 0 aliphatic rings. The quantitative estimate of drug-likeness (QED) is 0.651. The molecule has 0 fully saturated rings. The first kappa shape index (κ1) is 11.0. The molecule has 0 saturated heterocycles. The number of rotatable bonds is 2. The van der Waals surface area contributed by atoms with Gasteiger partial charge in [0.15, 0.2) is 0 Å². The molecule has 0 unspecified atom stereocenters. The van der Waals surface area contributed by atoms with Gasteiger partial charge in [-0.15, -0.1) is 0 Å². The zero-order chi connectivity index (χ0) is 12.4. The third-order valence-corrected chi connectivity index (χ3v) is 3.00. The Morgan fingerprint density at radius 3 is 2.44 bits per heavy atom. The molecule has 0 spiro atoms. The van der Waals surface area contributed by atoms with Gasteiger partial charge in [-0.25, -0.2) is 4.98 Å². The van der Waals surface area contributed by atoms with Gasteiger partial charge in [0.2, 0.25) is 5.88 Å². The van der Waals surface area contributed by atoms with E-state index in [0.717, 1.165) is 21.8 Å². The van der Waals surface area contributed by atoms with Gasteiger partial charge in [-0.05, 0) is 29.5 Å². The van der Waals surface area contributed by atoms with Gasteiger partial charge < -0.3 is 4.74 Å². The van der Waals surface area contributed by atoms with Gasteiger partial charge in [-0.3, -0.25) is 0 Å². The van der Waals surface area contributed by atoms with E-state index in [4.69, 9.17) is 4.74 Å². The molecule has 0 aliphatic heterocycles. The Morgan fingerprint density at radius 1 is 0.889 bits per heavy atom. The highest BCUT2D eigenvalue weighted by Gasteiger charge is 2.05. The van der Waals surface area contributed by atoms with E-state index in [1.165, 1.54) is 0 Å². The second kappa shape index (κ2) is 4.62. The van der Waals surface area contributed by atoms with Crippen LogP contribution in [0.3, 0.4) is 0 Å². The van der Waals surface area contributed by atoms with E-state index >= 15 is 0 Å². The van der Waals surface area contributed by atoms with E-state index < -0.39 is 0 Å². The van der Waals surface area contributed by atoms with Crippen LogP contribution in [0.4, 0.5) is 0 Å². The lowest BCUT2D eigenvalue weighted by molar-refractivity contribution is 0.469. The standard InChI is InChI=1S/C15H10NOSi/c18-14-10-11-6-4-5-9-13(11)16-15(14)17-12-7-2-1-3-8-12/h1-10H. The monoisotopic (exact) mass is 248 g/mol. The molecule has 1 aromatic heterocycles. The van der Waals surface area contributed by atoms with Crippen LogP contribution in [-0.4, -0.2) is 15.2 Å². The average molecular weight is 248 g/mol. The molecule has 0 aliphatic carbocycles. The van der Waals surface area contributed by atoms with Crippen molar-refractivity contribution in [1.29, 1.82) is 0 Å². The van der Waals surface area contributed by atoms with Gasteiger partial charge >= 0.3 is 0 Å². The molecule has 3 aromatic rings. The van der Waals surface area contributed by atoms with Gasteiger partial charge in [0.1, 0.15) is 5.75 Å². The molecule has 0 saturated carbocycles. The zero-order valence-corrected chi connectivity index (χ0v) is 10.6. The van der Waals surface area contributed by atoms with Crippen molar-refractivity contribution in [3.8, 4) is 11.6 Å². The van der Waals surface area contributed by atoms with Crippen LogP contribution < -0.4 is 9.92 Å². The number of hydrogen-bond acceptors (Lipinski definition) is 2. The first-order valence-corrected chi connectivity index (χ1v) is 6.17. The zero-order valence-electron chi connectivity index (χ0n) is 9.63. The molecule has 2 nitrogen and oxygen atoms in total. The van der Waals surface area contributed by atoms with Crippen molar-refractivity contribution in [2.75, 3.05) is 0 Å². The molecule has 2 aromatic carbocycles. The van der Waals surface area contributed by atoms with Gasteiger partial charge in [-0.2, -0.15) is 0 Å². The molecular weight excluding hydrogens is 238 g/mol. The summed E-state index contributed by atoms with van der Waals surface area (Å²) in [7, 11) is 3.54. The van der Waals surface area contributed by atoms with Crippen LogP contribution in [0.1, 0.15) is 0 Å². The van der Waals surface area contributed by atoms with Crippen LogP contribution in [0.15, 0.2) is 60.7 Å². The average Bonchev–Trinajstić information content (AvgIpc) is 2.41. The fourth-order valence-electron chi connectivity index (χ4n) is 1.78. The highest BCUT2D eigenvalue weighted by Crippen LogP contribution is 2.19. The summed E-state index contributed by atoms with van der Waals surface area (Å²) in [6.45, 7) is 0. The second-order valence-electron chi connectivity index (χ2n) is 3.95. The van der Waals surface area contributed by atoms with E-state index in [-0.39, 0.29) is 0 Å². The van der Waals surface area contributed by atoms with Crippen molar-refractivity contribution < 1.29 is 4.74 Å². The highest BCUT2D eigenvalue weighted by molar-refractivity contribution is 6.34. The third kappa shape index (κ3) is 2.13. The van der Waals surface area contributed by atoms with Crippen molar-refractivity contribution in [3.63, 3.8) is 0 Å². The predicted octanol–water partition coefficient (Wildman–Crippen LogP) is 2.82. The summed E-state index contributed by atoms with van der Waals surface area (Å²) in [6.07, 6.45) is 0. The maximum Gasteiger partial charge on any atom is 0.218 e. The Hall–Kier alpha value is -2.13. The summed E-state index contributed by atoms with van der Waals surface area (Å²) in [5, 5.41) is 1.93. The molecule has 0 atom stereocenters. The number of ether oxygens (including phenoxy) is 1. The minimum Gasteiger partial charge on any atom is -0.439 e. The molecule has 18 heavy (non-hydrogen) atoms. The Kier molecular flexibility index (Phi) is 2.82. The Morgan fingerprint density at radius 2 is 1.61 bits per heavy atom. The van der Waals surface area contributed by atoms with Crippen molar-refractivity contribution in [2.24, 2.45) is 0 Å². The van der Waals surface area contributed by atoms with Crippen LogP contribution >= 0.6 is 0 Å². The maximum absolute atomic E-state index is 5.76. The lowest BCUT2D eigenvalue weighted by Crippen LogP contribution is -2.08. The SMILES string of the molecule is [Si]c1cc2ccccc2nc1Oc1ccccc1. The molecule has 3 rings (SSSR count). The van der Waals surface area contributed by atoms with Crippen LogP contribution in [0.25, 0.3) is 10.9 Å². The van der Waals surface area contributed by atoms with E-state index in [1.807, 2.05) is 60.7 Å². The number of nitrogens with zero attached hydrogens (tertiary/aromatic N) is 1. The normalized spacial score (nSPS) is 10.5. The number of aromatic nitrogens is 1. The number of para-hydroxylation sites is 2. The summed E-state index contributed by atoms with van der Waals surface area (Å²) < 4.78 is 5.76. The molecule has 0 N–H and O–H groups in total. The summed E-state index contributed by atoms with van der Waals surface area (Å²) >= 11 is 0. The molecule has 0 amide bonds.